The van der Waals surface area contributed by atoms with Crippen molar-refractivity contribution < 1.29 is 4.39 Å². The Morgan fingerprint density at radius 1 is 1.19 bits per heavy atom. The minimum atomic E-state index is -0.355. The van der Waals surface area contributed by atoms with E-state index >= 15 is 0 Å². The molecule has 1 N–H and O–H groups in total. The molecule has 0 aromatic heterocycles. The van der Waals surface area contributed by atoms with E-state index in [0.29, 0.717) is 6.42 Å². The van der Waals surface area contributed by atoms with Gasteiger partial charge in [0, 0.05) is 10.5 Å². The van der Waals surface area contributed by atoms with Crippen molar-refractivity contribution in [3.05, 3.63) is 68.9 Å². The van der Waals surface area contributed by atoms with Crippen LogP contribution in [0.15, 0.2) is 46.9 Å². The summed E-state index contributed by atoms with van der Waals surface area (Å²) in [6.07, 6.45) is 1.58. The number of hydrogen-bond acceptors (Lipinski definition) is 1. The molecule has 0 radical (unpaired) electrons. The highest BCUT2D eigenvalue weighted by atomic mass is 79.9. The van der Waals surface area contributed by atoms with Crippen LogP contribution in [-0.2, 0) is 12.8 Å². The van der Waals surface area contributed by atoms with Gasteiger partial charge in [0.05, 0.1) is 5.02 Å². The number of likely N-dealkylation sites (N-methyl/N-ethyl adjacent to an activating group) is 1. The Balaban J connectivity index is 2.13. The van der Waals surface area contributed by atoms with Crippen molar-refractivity contribution in [1.29, 1.82) is 0 Å². The van der Waals surface area contributed by atoms with E-state index in [1.54, 1.807) is 6.07 Å². The predicted molar refractivity (Wildman–Crippen MR) is 90.4 cm³/mol. The molecule has 21 heavy (non-hydrogen) atoms. The van der Waals surface area contributed by atoms with Gasteiger partial charge in [0.1, 0.15) is 5.82 Å². The summed E-state index contributed by atoms with van der Waals surface area (Å²) in [4.78, 5) is 0. The Morgan fingerprint density at radius 3 is 2.67 bits per heavy atom. The summed E-state index contributed by atoms with van der Waals surface area (Å²) in [6.45, 7) is 2.94. The number of nitrogens with one attached hydrogen (secondary N) is 1. The van der Waals surface area contributed by atoms with Crippen LogP contribution in [0.3, 0.4) is 0 Å². The lowest BCUT2D eigenvalue weighted by atomic mass is 9.99. The topological polar surface area (TPSA) is 12.0 Å². The highest BCUT2D eigenvalue weighted by Crippen LogP contribution is 2.22. The van der Waals surface area contributed by atoms with Gasteiger partial charge >= 0.3 is 0 Å². The van der Waals surface area contributed by atoms with Crippen LogP contribution < -0.4 is 5.32 Å². The van der Waals surface area contributed by atoms with Gasteiger partial charge in [-0.3, -0.25) is 0 Å². The molecule has 0 aliphatic carbocycles. The van der Waals surface area contributed by atoms with E-state index in [0.717, 1.165) is 23.0 Å². The summed E-state index contributed by atoms with van der Waals surface area (Å²) in [5, 5.41) is 3.68. The van der Waals surface area contributed by atoms with E-state index in [4.69, 9.17) is 11.6 Å². The van der Waals surface area contributed by atoms with E-state index in [1.807, 2.05) is 18.2 Å². The van der Waals surface area contributed by atoms with Crippen LogP contribution in [0.1, 0.15) is 18.1 Å². The third-order valence-corrected chi connectivity index (χ3v) is 4.28. The minimum absolute atomic E-state index is 0.226. The van der Waals surface area contributed by atoms with Gasteiger partial charge in [-0.25, -0.2) is 4.39 Å². The SMILES string of the molecule is CCNC(Cc1cccc(Br)c1)Cc1cccc(F)c1Cl. The zero-order valence-electron chi connectivity index (χ0n) is 11.9. The van der Waals surface area contributed by atoms with Crippen LogP contribution in [0.25, 0.3) is 0 Å². The molecule has 1 unspecified atom stereocenters. The van der Waals surface area contributed by atoms with E-state index in [2.05, 4.69) is 40.3 Å². The second-order valence-corrected chi connectivity index (χ2v) is 6.30. The van der Waals surface area contributed by atoms with Crippen LogP contribution in [0.2, 0.25) is 5.02 Å². The van der Waals surface area contributed by atoms with Crippen molar-refractivity contribution in [1.82, 2.24) is 5.32 Å². The molecule has 0 bridgehead atoms. The van der Waals surface area contributed by atoms with Crippen molar-refractivity contribution in [2.24, 2.45) is 0 Å². The van der Waals surface area contributed by atoms with Gasteiger partial charge in [0.15, 0.2) is 0 Å². The number of benzene rings is 2. The predicted octanol–water partition coefficient (Wildman–Crippen LogP) is 5.00. The Bertz CT molecular complexity index is 603. The van der Waals surface area contributed by atoms with Crippen LogP contribution in [0.5, 0.6) is 0 Å². The van der Waals surface area contributed by atoms with Crippen molar-refractivity contribution in [2.45, 2.75) is 25.8 Å². The number of rotatable bonds is 6. The van der Waals surface area contributed by atoms with Crippen LogP contribution in [0, 0.1) is 5.82 Å². The first-order valence-corrected chi connectivity index (χ1v) is 8.18. The lowest BCUT2D eigenvalue weighted by Crippen LogP contribution is -2.33. The van der Waals surface area contributed by atoms with Crippen molar-refractivity contribution in [3.63, 3.8) is 0 Å². The number of hydrogen-bond donors (Lipinski definition) is 1. The standard InChI is InChI=1S/C17H18BrClFN/c1-2-21-15(10-12-5-3-7-14(18)9-12)11-13-6-4-8-16(20)17(13)19/h3-9,15,21H,2,10-11H2,1H3. The smallest absolute Gasteiger partial charge is 0.142 e. The van der Waals surface area contributed by atoms with Crippen molar-refractivity contribution in [3.8, 4) is 0 Å². The second kappa shape index (κ2) is 7.92. The maximum atomic E-state index is 13.5. The molecule has 0 fully saturated rings. The summed E-state index contributed by atoms with van der Waals surface area (Å²) in [5.41, 5.74) is 2.08. The Kier molecular flexibility index (Phi) is 6.22. The van der Waals surface area contributed by atoms with Gasteiger partial charge in [0.2, 0.25) is 0 Å². The van der Waals surface area contributed by atoms with Gasteiger partial charge in [-0.1, -0.05) is 58.7 Å². The van der Waals surface area contributed by atoms with Crippen molar-refractivity contribution >= 4 is 27.5 Å². The highest BCUT2D eigenvalue weighted by molar-refractivity contribution is 9.10. The van der Waals surface area contributed by atoms with Crippen LogP contribution in [0.4, 0.5) is 4.39 Å². The second-order valence-electron chi connectivity index (χ2n) is 5.01. The quantitative estimate of drug-likeness (QED) is 0.754. The van der Waals surface area contributed by atoms with E-state index in [9.17, 15) is 4.39 Å². The zero-order chi connectivity index (χ0) is 15.2. The molecule has 112 valence electrons. The Hall–Kier alpha value is -0.900. The van der Waals surface area contributed by atoms with E-state index in [-0.39, 0.29) is 16.9 Å². The summed E-state index contributed by atoms with van der Waals surface area (Å²) in [6, 6.07) is 13.5. The summed E-state index contributed by atoms with van der Waals surface area (Å²) >= 11 is 9.54. The van der Waals surface area contributed by atoms with Gasteiger partial charge in [0.25, 0.3) is 0 Å². The molecule has 0 saturated heterocycles. The van der Waals surface area contributed by atoms with Gasteiger partial charge in [-0.2, -0.15) is 0 Å². The third-order valence-electron chi connectivity index (χ3n) is 3.36. The lowest BCUT2D eigenvalue weighted by Gasteiger charge is -2.19. The summed E-state index contributed by atoms with van der Waals surface area (Å²) in [5.74, 6) is -0.355. The Morgan fingerprint density at radius 2 is 1.95 bits per heavy atom. The molecule has 0 spiro atoms. The molecule has 1 atom stereocenters. The molecule has 0 amide bonds. The molecular weight excluding hydrogens is 353 g/mol. The third kappa shape index (κ3) is 4.80. The summed E-state index contributed by atoms with van der Waals surface area (Å²) < 4.78 is 14.6. The fourth-order valence-electron chi connectivity index (χ4n) is 2.43. The highest BCUT2D eigenvalue weighted by Gasteiger charge is 2.13. The van der Waals surface area contributed by atoms with E-state index in [1.165, 1.54) is 11.6 Å². The number of halogens is 3. The lowest BCUT2D eigenvalue weighted by molar-refractivity contribution is 0.519. The maximum absolute atomic E-state index is 13.5. The zero-order valence-corrected chi connectivity index (χ0v) is 14.2. The van der Waals surface area contributed by atoms with Crippen LogP contribution in [-0.4, -0.2) is 12.6 Å². The fraction of sp³-hybridized carbons (Fsp3) is 0.294. The molecule has 2 aromatic carbocycles. The largest absolute Gasteiger partial charge is 0.314 e. The molecule has 0 saturated carbocycles. The average molecular weight is 371 g/mol. The molecule has 0 aliphatic rings. The molecule has 2 rings (SSSR count). The van der Waals surface area contributed by atoms with Crippen molar-refractivity contribution in [2.75, 3.05) is 6.54 Å². The maximum Gasteiger partial charge on any atom is 0.142 e. The molecule has 0 heterocycles. The summed E-state index contributed by atoms with van der Waals surface area (Å²) in [7, 11) is 0. The Labute approximate surface area is 138 Å². The first-order valence-electron chi connectivity index (χ1n) is 7.01. The van der Waals surface area contributed by atoms with Gasteiger partial charge in [-0.15, -0.1) is 0 Å². The monoisotopic (exact) mass is 369 g/mol. The molecule has 0 aliphatic heterocycles. The molecular formula is C17H18BrClFN. The fourth-order valence-corrected chi connectivity index (χ4v) is 3.07. The minimum Gasteiger partial charge on any atom is -0.314 e. The molecule has 4 heteroatoms. The normalized spacial score (nSPS) is 12.4. The van der Waals surface area contributed by atoms with Crippen LogP contribution >= 0.6 is 27.5 Å². The van der Waals surface area contributed by atoms with E-state index < -0.39 is 0 Å². The molecule has 1 nitrogen and oxygen atoms in total. The average Bonchev–Trinajstić information content (AvgIpc) is 2.44. The van der Waals surface area contributed by atoms with Gasteiger partial charge in [-0.05, 0) is 48.7 Å². The molecule has 2 aromatic rings. The first kappa shape index (κ1) is 16.5. The first-order chi connectivity index (χ1) is 10.1. The van der Waals surface area contributed by atoms with Gasteiger partial charge < -0.3 is 5.32 Å².